The van der Waals surface area contributed by atoms with Crippen molar-refractivity contribution in [2.45, 2.75) is 30.1 Å². The molecule has 1 aromatic carbocycles. The smallest absolute Gasteiger partial charge is 0.143 e. The molecule has 0 N–H and O–H groups in total. The van der Waals surface area contributed by atoms with E-state index in [0.717, 1.165) is 32.0 Å². The van der Waals surface area contributed by atoms with Crippen molar-refractivity contribution in [3.63, 3.8) is 0 Å². The fourth-order valence-corrected chi connectivity index (χ4v) is 3.17. The molecule has 1 saturated carbocycles. The minimum Gasteiger partial charge on any atom is -0.360 e. The molecule has 0 radical (unpaired) electrons. The Morgan fingerprint density at radius 1 is 1.44 bits per heavy atom. The van der Waals surface area contributed by atoms with Crippen LogP contribution < -0.4 is 0 Å². The van der Waals surface area contributed by atoms with Gasteiger partial charge in [-0.15, -0.1) is 0 Å². The first-order valence-corrected chi connectivity index (χ1v) is 7.92. The Kier molecular flexibility index (Phi) is 3.36. The monoisotopic (exact) mass is 373 g/mol. The maximum atomic E-state index is 6.33. The largest absolute Gasteiger partial charge is 0.360 e. The quantitative estimate of drug-likeness (QED) is 0.551. The summed E-state index contributed by atoms with van der Waals surface area (Å²) in [6.07, 6.45) is 2.44. The van der Waals surface area contributed by atoms with Gasteiger partial charge in [-0.2, -0.15) is 0 Å². The van der Waals surface area contributed by atoms with E-state index in [0.29, 0.717) is 5.92 Å². The highest BCUT2D eigenvalue weighted by molar-refractivity contribution is 14.1. The van der Waals surface area contributed by atoms with E-state index in [4.69, 9.17) is 16.1 Å². The number of halogens is 2. The lowest BCUT2D eigenvalue weighted by molar-refractivity contribution is 0.385. The maximum absolute atomic E-state index is 6.33. The van der Waals surface area contributed by atoms with Crippen molar-refractivity contribution in [3.8, 4) is 11.3 Å². The first-order chi connectivity index (χ1) is 8.72. The molecule has 2 nitrogen and oxygen atoms in total. The van der Waals surface area contributed by atoms with Gasteiger partial charge in [-0.3, -0.25) is 0 Å². The lowest BCUT2D eigenvalue weighted by Gasteiger charge is -2.07. The van der Waals surface area contributed by atoms with Gasteiger partial charge in [0.15, 0.2) is 0 Å². The second kappa shape index (κ2) is 4.85. The van der Waals surface area contributed by atoms with Crippen molar-refractivity contribution in [1.82, 2.24) is 5.16 Å². The Hall–Kier alpha value is -0.550. The van der Waals surface area contributed by atoms with Gasteiger partial charge >= 0.3 is 0 Å². The molecule has 2 aromatic rings. The standard InChI is InChI=1S/C14H13ClINO/c1-8-13(17-18-14(8)9-5-6-9)12-10(7-16)3-2-4-11(12)15/h2-4,9H,5-7H2,1H3. The first kappa shape index (κ1) is 12.5. The minimum absolute atomic E-state index is 0.580. The molecule has 0 aliphatic heterocycles. The number of nitrogens with zero attached hydrogens (tertiary/aromatic N) is 1. The fourth-order valence-electron chi connectivity index (χ4n) is 2.25. The van der Waals surface area contributed by atoms with Crippen molar-refractivity contribution in [3.05, 3.63) is 40.1 Å². The number of hydrogen-bond donors (Lipinski definition) is 0. The van der Waals surface area contributed by atoms with Crippen molar-refractivity contribution in [1.29, 1.82) is 0 Å². The van der Waals surface area contributed by atoms with E-state index in [2.05, 4.69) is 40.7 Å². The number of rotatable bonds is 3. The van der Waals surface area contributed by atoms with E-state index in [1.54, 1.807) is 0 Å². The van der Waals surface area contributed by atoms with Crippen molar-refractivity contribution in [2.75, 3.05) is 0 Å². The minimum atomic E-state index is 0.580. The van der Waals surface area contributed by atoms with Crippen molar-refractivity contribution in [2.24, 2.45) is 0 Å². The number of benzene rings is 1. The van der Waals surface area contributed by atoms with Crippen molar-refractivity contribution < 1.29 is 4.52 Å². The zero-order valence-corrected chi connectivity index (χ0v) is 13.0. The molecule has 0 unspecified atom stereocenters. The van der Waals surface area contributed by atoms with Gasteiger partial charge < -0.3 is 4.52 Å². The summed E-state index contributed by atoms with van der Waals surface area (Å²) in [7, 11) is 0. The number of alkyl halides is 1. The predicted octanol–water partition coefficient (Wildman–Crippen LogP) is 5.12. The Morgan fingerprint density at radius 2 is 2.22 bits per heavy atom. The highest BCUT2D eigenvalue weighted by Gasteiger charge is 2.31. The maximum Gasteiger partial charge on any atom is 0.143 e. The molecular formula is C14H13ClINO. The zero-order chi connectivity index (χ0) is 12.7. The van der Waals surface area contributed by atoms with Gasteiger partial charge in [-0.25, -0.2) is 0 Å². The van der Waals surface area contributed by atoms with Crippen LogP contribution in [0.15, 0.2) is 22.7 Å². The summed E-state index contributed by atoms with van der Waals surface area (Å²) >= 11 is 8.68. The molecule has 1 aliphatic carbocycles. The second-order valence-corrected chi connectivity index (χ2v) is 5.87. The molecule has 1 aliphatic rings. The summed E-state index contributed by atoms with van der Waals surface area (Å²) in [6.45, 7) is 2.08. The number of aromatic nitrogens is 1. The third-order valence-corrected chi connectivity index (χ3v) is 4.53. The van der Waals surface area contributed by atoms with E-state index < -0.39 is 0 Å². The van der Waals surface area contributed by atoms with Gasteiger partial charge in [-0.05, 0) is 31.4 Å². The van der Waals surface area contributed by atoms with Gasteiger partial charge in [-0.1, -0.05) is 51.5 Å². The summed E-state index contributed by atoms with van der Waals surface area (Å²) in [5, 5.41) is 5.01. The lowest BCUT2D eigenvalue weighted by atomic mass is 10.0. The topological polar surface area (TPSA) is 26.0 Å². The average molecular weight is 374 g/mol. The molecule has 0 atom stereocenters. The summed E-state index contributed by atoms with van der Waals surface area (Å²) < 4.78 is 6.43. The molecule has 1 fully saturated rings. The fraction of sp³-hybridized carbons (Fsp3) is 0.357. The summed E-state index contributed by atoms with van der Waals surface area (Å²) in [6, 6.07) is 5.99. The molecule has 18 heavy (non-hydrogen) atoms. The summed E-state index contributed by atoms with van der Waals surface area (Å²) in [5.41, 5.74) is 4.30. The highest BCUT2D eigenvalue weighted by atomic mass is 127. The molecule has 1 aromatic heterocycles. The first-order valence-electron chi connectivity index (χ1n) is 6.02. The van der Waals surface area contributed by atoms with E-state index in [1.165, 1.54) is 18.4 Å². The van der Waals surface area contributed by atoms with Crippen LogP contribution in [0.2, 0.25) is 5.02 Å². The molecule has 1 heterocycles. The van der Waals surface area contributed by atoms with E-state index in [1.807, 2.05) is 12.1 Å². The third-order valence-electron chi connectivity index (χ3n) is 3.39. The van der Waals surface area contributed by atoms with Gasteiger partial charge in [0.25, 0.3) is 0 Å². The summed E-state index contributed by atoms with van der Waals surface area (Å²) in [4.78, 5) is 0. The Morgan fingerprint density at radius 3 is 2.89 bits per heavy atom. The Labute approximate surface area is 125 Å². The van der Waals surface area contributed by atoms with Crippen LogP contribution in [0, 0.1) is 6.92 Å². The second-order valence-electron chi connectivity index (χ2n) is 4.70. The lowest BCUT2D eigenvalue weighted by Crippen LogP contribution is -1.90. The average Bonchev–Trinajstić information content (AvgIpc) is 3.14. The SMILES string of the molecule is Cc1c(-c2c(Cl)cccc2CI)noc1C1CC1. The van der Waals surface area contributed by atoms with Crippen LogP contribution in [0.5, 0.6) is 0 Å². The molecule has 3 rings (SSSR count). The van der Waals surface area contributed by atoms with Crippen molar-refractivity contribution >= 4 is 34.2 Å². The molecule has 0 amide bonds. The van der Waals surface area contributed by atoms with E-state index >= 15 is 0 Å². The molecule has 0 saturated heterocycles. The predicted molar refractivity (Wildman–Crippen MR) is 81.4 cm³/mol. The van der Waals surface area contributed by atoms with Gasteiger partial charge in [0.2, 0.25) is 0 Å². The van der Waals surface area contributed by atoms with Crippen LogP contribution in [0.4, 0.5) is 0 Å². The molecular weight excluding hydrogens is 361 g/mol. The van der Waals surface area contributed by atoms with Crippen LogP contribution in [-0.4, -0.2) is 5.16 Å². The van der Waals surface area contributed by atoms with E-state index in [-0.39, 0.29) is 0 Å². The van der Waals surface area contributed by atoms with Crippen LogP contribution >= 0.6 is 34.2 Å². The Bertz CT molecular complexity index is 589. The molecule has 4 heteroatoms. The highest BCUT2D eigenvalue weighted by Crippen LogP contribution is 2.44. The molecule has 94 valence electrons. The van der Waals surface area contributed by atoms with Crippen LogP contribution in [0.25, 0.3) is 11.3 Å². The normalized spacial score (nSPS) is 15.1. The van der Waals surface area contributed by atoms with E-state index in [9.17, 15) is 0 Å². The van der Waals surface area contributed by atoms with Gasteiger partial charge in [0.05, 0.1) is 5.02 Å². The molecule has 0 bridgehead atoms. The molecule has 0 spiro atoms. The van der Waals surface area contributed by atoms with Gasteiger partial charge in [0.1, 0.15) is 11.5 Å². The van der Waals surface area contributed by atoms with Crippen LogP contribution in [0.3, 0.4) is 0 Å². The Balaban J connectivity index is 2.14. The van der Waals surface area contributed by atoms with Crippen LogP contribution in [0.1, 0.15) is 35.6 Å². The third kappa shape index (κ3) is 2.07. The van der Waals surface area contributed by atoms with Crippen LogP contribution in [-0.2, 0) is 4.43 Å². The zero-order valence-electron chi connectivity index (χ0n) is 10.0. The number of hydrogen-bond acceptors (Lipinski definition) is 2. The summed E-state index contributed by atoms with van der Waals surface area (Å²) in [5.74, 6) is 1.63. The van der Waals surface area contributed by atoms with Gasteiger partial charge in [0, 0.05) is 21.5 Å².